The lowest BCUT2D eigenvalue weighted by molar-refractivity contribution is 0.464. The first-order valence-electron chi connectivity index (χ1n) is 4.80. The van der Waals surface area contributed by atoms with Crippen LogP contribution in [0.4, 0.5) is 0 Å². The Morgan fingerprint density at radius 1 is 0.875 bits per heavy atom. The summed E-state index contributed by atoms with van der Waals surface area (Å²) in [6.07, 6.45) is 0. The van der Waals surface area contributed by atoms with E-state index >= 15 is 0 Å². The zero-order chi connectivity index (χ0) is 11.2. The molecule has 0 radical (unpaired) electrons. The lowest BCUT2D eigenvalue weighted by Gasteiger charge is -2.15. The van der Waals surface area contributed by atoms with Crippen molar-refractivity contribution >= 4 is 9.84 Å². The predicted octanol–water partition coefficient (Wildman–Crippen LogP) is 2.63. The monoisotopic (exact) mass is 232 g/mol. The van der Waals surface area contributed by atoms with Crippen molar-refractivity contribution in [2.24, 2.45) is 0 Å². The molecule has 2 aliphatic heterocycles. The Balaban J connectivity index is 2.41. The third-order valence-corrected chi connectivity index (χ3v) is 4.31. The molecule has 0 aromatic heterocycles. The molecule has 4 rings (SSSR count). The van der Waals surface area contributed by atoms with Crippen molar-refractivity contribution < 1.29 is 13.2 Å². The molecule has 2 bridgehead atoms. The van der Waals surface area contributed by atoms with Crippen molar-refractivity contribution in [3.8, 4) is 11.5 Å². The maximum atomic E-state index is 12.2. The average Bonchev–Trinajstić information content (AvgIpc) is 2.29. The number of hydrogen-bond acceptors (Lipinski definition) is 3. The Kier molecular flexibility index (Phi) is 1.82. The van der Waals surface area contributed by atoms with E-state index < -0.39 is 9.84 Å². The number of hydrogen-bond donors (Lipinski definition) is 0. The lowest BCUT2D eigenvalue weighted by atomic mass is 10.3. The molecule has 16 heavy (non-hydrogen) atoms. The van der Waals surface area contributed by atoms with Crippen molar-refractivity contribution in [2.45, 2.75) is 9.79 Å². The van der Waals surface area contributed by atoms with Gasteiger partial charge in [0.1, 0.15) is 16.4 Å². The van der Waals surface area contributed by atoms with Gasteiger partial charge in [0.2, 0.25) is 9.84 Å². The Hall–Kier alpha value is -1.81. The molecule has 4 heteroatoms. The van der Waals surface area contributed by atoms with E-state index in [1.54, 1.807) is 48.5 Å². The second-order valence-corrected chi connectivity index (χ2v) is 5.44. The van der Waals surface area contributed by atoms with E-state index in [1.807, 2.05) is 0 Å². The summed E-state index contributed by atoms with van der Waals surface area (Å²) in [6, 6.07) is 13.1. The van der Waals surface area contributed by atoms with E-state index in [0.29, 0.717) is 16.4 Å². The molecule has 0 amide bonds. The minimum absolute atomic E-state index is 0.219. The summed E-state index contributed by atoms with van der Waals surface area (Å²) in [7, 11) is -3.45. The van der Waals surface area contributed by atoms with Crippen LogP contribution in [0.5, 0.6) is 11.5 Å². The van der Waals surface area contributed by atoms with Gasteiger partial charge in [-0.2, -0.15) is 0 Å². The fourth-order valence-electron chi connectivity index (χ4n) is 1.70. The Bertz CT molecular complexity index is 642. The summed E-state index contributed by atoms with van der Waals surface area (Å²) in [5.74, 6) is 1.02. The van der Waals surface area contributed by atoms with Crippen molar-refractivity contribution in [1.29, 1.82) is 0 Å². The molecule has 0 saturated carbocycles. The zero-order valence-corrected chi connectivity index (χ0v) is 9.07. The number of rotatable bonds is 0. The first-order valence-corrected chi connectivity index (χ1v) is 6.28. The number of sulfone groups is 1. The van der Waals surface area contributed by atoms with E-state index in [-0.39, 0.29) is 4.90 Å². The standard InChI is InChI=1S/C12H8O3S/c13-16(14)10-7-5-9(6-8-10)15-11-3-1-2-4-12(11)16/h1-8H. The van der Waals surface area contributed by atoms with Gasteiger partial charge in [0.05, 0.1) is 4.90 Å². The minimum atomic E-state index is -3.45. The third-order valence-electron chi connectivity index (χ3n) is 2.50. The van der Waals surface area contributed by atoms with Crippen LogP contribution in [0.3, 0.4) is 0 Å². The molecule has 80 valence electrons. The molecule has 2 aromatic rings. The molecule has 0 fully saturated rings. The van der Waals surface area contributed by atoms with Crippen LogP contribution in [-0.2, 0) is 9.84 Å². The Labute approximate surface area is 93.2 Å². The predicted molar refractivity (Wildman–Crippen MR) is 58.4 cm³/mol. The van der Waals surface area contributed by atoms with E-state index in [0.717, 1.165) is 0 Å². The maximum absolute atomic E-state index is 12.2. The van der Waals surface area contributed by atoms with E-state index in [9.17, 15) is 8.42 Å². The summed E-state index contributed by atoms with van der Waals surface area (Å²) in [4.78, 5) is 0.517. The van der Waals surface area contributed by atoms with Gasteiger partial charge in [0, 0.05) is 0 Å². The van der Waals surface area contributed by atoms with Crippen LogP contribution < -0.4 is 4.74 Å². The highest BCUT2D eigenvalue weighted by molar-refractivity contribution is 7.91. The van der Waals surface area contributed by atoms with Crippen molar-refractivity contribution in [1.82, 2.24) is 0 Å². The summed E-state index contributed by atoms with van der Waals surface area (Å²) in [5, 5.41) is 0. The Morgan fingerprint density at radius 2 is 1.56 bits per heavy atom. The Morgan fingerprint density at radius 3 is 2.31 bits per heavy atom. The first-order chi connectivity index (χ1) is 7.68. The largest absolute Gasteiger partial charge is 0.456 e. The van der Waals surface area contributed by atoms with Gasteiger partial charge in [-0.25, -0.2) is 8.42 Å². The molecular weight excluding hydrogens is 224 g/mol. The van der Waals surface area contributed by atoms with Gasteiger partial charge in [0.15, 0.2) is 0 Å². The molecule has 3 nitrogen and oxygen atoms in total. The number of benzene rings is 2. The highest BCUT2D eigenvalue weighted by Gasteiger charge is 2.24. The number of ether oxygens (including phenoxy) is 1. The van der Waals surface area contributed by atoms with Crippen LogP contribution in [0.1, 0.15) is 0 Å². The highest BCUT2D eigenvalue weighted by atomic mass is 32.2. The first kappa shape index (κ1) is 9.42. The smallest absolute Gasteiger partial charge is 0.210 e. The molecular formula is C12H8O3S. The fraction of sp³-hybridized carbons (Fsp3) is 0. The second-order valence-electron chi connectivity index (χ2n) is 3.52. The quantitative estimate of drug-likeness (QED) is 0.598. The SMILES string of the molecule is O=S1(=O)c2ccc(cc2)Oc2ccccc21. The van der Waals surface area contributed by atoms with Gasteiger partial charge < -0.3 is 4.74 Å². The molecule has 2 heterocycles. The van der Waals surface area contributed by atoms with Gasteiger partial charge >= 0.3 is 0 Å². The molecule has 0 unspecified atom stereocenters. The fourth-order valence-corrected chi connectivity index (χ4v) is 3.08. The molecule has 0 spiro atoms. The summed E-state index contributed by atoms with van der Waals surface area (Å²) < 4.78 is 29.9. The van der Waals surface area contributed by atoms with Gasteiger partial charge in [-0.1, -0.05) is 12.1 Å². The topological polar surface area (TPSA) is 43.4 Å². The summed E-state index contributed by atoms with van der Waals surface area (Å²) >= 11 is 0. The molecule has 0 N–H and O–H groups in total. The number of para-hydroxylation sites is 1. The van der Waals surface area contributed by atoms with Gasteiger partial charge in [0.25, 0.3) is 0 Å². The van der Waals surface area contributed by atoms with E-state index in [1.165, 1.54) is 0 Å². The van der Waals surface area contributed by atoms with Crippen LogP contribution in [0.15, 0.2) is 58.3 Å². The summed E-state index contributed by atoms with van der Waals surface area (Å²) in [6.45, 7) is 0. The molecule has 2 aliphatic rings. The third kappa shape index (κ3) is 1.23. The van der Waals surface area contributed by atoms with Crippen LogP contribution >= 0.6 is 0 Å². The maximum Gasteiger partial charge on any atom is 0.210 e. The summed E-state index contributed by atoms with van der Waals surface area (Å²) in [5.41, 5.74) is 0. The van der Waals surface area contributed by atoms with Crippen molar-refractivity contribution in [3.63, 3.8) is 0 Å². The van der Waals surface area contributed by atoms with Crippen molar-refractivity contribution in [3.05, 3.63) is 48.5 Å². The molecule has 0 atom stereocenters. The van der Waals surface area contributed by atoms with Gasteiger partial charge in [-0.3, -0.25) is 0 Å². The normalized spacial score (nSPS) is 15.8. The molecule has 0 aliphatic carbocycles. The highest BCUT2D eigenvalue weighted by Crippen LogP contribution is 2.35. The molecule has 2 aromatic carbocycles. The second kappa shape index (κ2) is 3.09. The minimum Gasteiger partial charge on any atom is -0.456 e. The average molecular weight is 232 g/mol. The van der Waals surface area contributed by atoms with Crippen LogP contribution in [0.2, 0.25) is 0 Å². The molecule has 0 saturated heterocycles. The van der Waals surface area contributed by atoms with Crippen molar-refractivity contribution in [2.75, 3.05) is 0 Å². The van der Waals surface area contributed by atoms with Gasteiger partial charge in [-0.05, 0) is 36.4 Å². The van der Waals surface area contributed by atoms with E-state index in [4.69, 9.17) is 4.74 Å². The van der Waals surface area contributed by atoms with Crippen LogP contribution in [0.25, 0.3) is 0 Å². The van der Waals surface area contributed by atoms with Gasteiger partial charge in [-0.15, -0.1) is 0 Å². The van der Waals surface area contributed by atoms with Crippen LogP contribution in [-0.4, -0.2) is 8.42 Å². The lowest BCUT2D eigenvalue weighted by Crippen LogP contribution is -2.06. The number of fused-ring (bicyclic) bond motifs is 2. The van der Waals surface area contributed by atoms with E-state index in [2.05, 4.69) is 0 Å². The van der Waals surface area contributed by atoms with Crippen LogP contribution in [0, 0.1) is 0 Å². The zero-order valence-electron chi connectivity index (χ0n) is 8.25.